The number of halogens is 3. The van der Waals surface area contributed by atoms with E-state index in [1.165, 1.54) is 16.4 Å². The Balaban J connectivity index is 2.38. The van der Waals surface area contributed by atoms with Crippen molar-refractivity contribution in [3.05, 3.63) is 27.2 Å². The quantitative estimate of drug-likeness (QED) is 0.775. The van der Waals surface area contributed by atoms with Gasteiger partial charge in [0.05, 0.1) is 15.1 Å². The molecule has 106 valence electrons. The molecule has 2 rings (SSSR count). The summed E-state index contributed by atoms with van der Waals surface area (Å²) >= 11 is 17.7. The predicted octanol–water partition coefficient (Wildman–Crippen LogP) is 2.58. The highest BCUT2D eigenvalue weighted by molar-refractivity contribution is 7.89. The van der Waals surface area contributed by atoms with Gasteiger partial charge < -0.3 is 4.90 Å². The minimum absolute atomic E-state index is 0.00752. The van der Waals surface area contributed by atoms with Crippen LogP contribution in [0, 0.1) is 0 Å². The Hall–Kier alpha value is -0.0400. The fourth-order valence-electron chi connectivity index (χ4n) is 1.87. The molecule has 0 aliphatic carbocycles. The number of nitrogens with zero attached hydrogens (tertiary/aromatic N) is 2. The van der Waals surface area contributed by atoms with Crippen LogP contribution >= 0.6 is 34.8 Å². The first-order valence-electron chi connectivity index (χ1n) is 5.66. The van der Waals surface area contributed by atoms with Gasteiger partial charge in [0.1, 0.15) is 4.90 Å². The van der Waals surface area contributed by atoms with Crippen molar-refractivity contribution in [2.24, 2.45) is 0 Å². The highest BCUT2D eigenvalue weighted by Crippen LogP contribution is 2.36. The van der Waals surface area contributed by atoms with Gasteiger partial charge in [0, 0.05) is 26.2 Å². The number of benzene rings is 1. The summed E-state index contributed by atoms with van der Waals surface area (Å²) in [5.74, 6) is 0. The highest BCUT2D eigenvalue weighted by Gasteiger charge is 2.30. The van der Waals surface area contributed by atoms with Crippen LogP contribution in [0.2, 0.25) is 15.1 Å². The second kappa shape index (κ2) is 5.76. The van der Waals surface area contributed by atoms with Crippen molar-refractivity contribution in [1.29, 1.82) is 0 Å². The van der Waals surface area contributed by atoms with E-state index >= 15 is 0 Å². The lowest BCUT2D eigenvalue weighted by molar-refractivity contribution is 0.222. The van der Waals surface area contributed by atoms with Gasteiger partial charge in [-0.2, -0.15) is 4.31 Å². The van der Waals surface area contributed by atoms with Crippen molar-refractivity contribution < 1.29 is 8.42 Å². The fourth-order valence-corrected chi connectivity index (χ4v) is 4.25. The monoisotopic (exact) mass is 342 g/mol. The maximum Gasteiger partial charge on any atom is 0.244 e. The molecule has 1 heterocycles. The first-order chi connectivity index (χ1) is 8.84. The number of hydrogen-bond acceptors (Lipinski definition) is 3. The van der Waals surface area contributed by atoms with E-state index in [0.717, 1.165) is 0 Å². The second-order valence-corrected chi connectivity index (χ2v) is 7.45. The van der Waals surface area contributed by atoms with Crippen LogP contribution in [0.4, 0.5) is 0 Å². The molecule has 1 aromatic carbocycles. The summed E-state index contributed by atoms with van der Waals surface area (Å²) in [6.07, 6.45) is 0. The smallest absolute Gasteiger partial charge is 0.244 e. The summed E-state index contributed by atoms with van der Waals surface area (Å²) in [6.45, 7) is 2.27. The summed E-state index contributed by atoms with van der Waals surface area (Å²) < 4.78 is 26.4. The molecule has 19 heavy (non-hydrogen) atoms. The molecule has 1 aromatic rings. The minimum Gasteiger partial charge on any atom is -0.304 e. The van der Waals surface area contributed by atoms with Crippen LogP contribution < -0.4 is 0 Å². The third kappa shape index (κ3) is 3.01. The topological polar surface area (TPSA) is 40.6 Å². The van der Waals surface area contributed by atoms with E-state index in [4.69, 9.17) is 34.8 Å². The van der Waals surface area contributed by atoms with E-state index < -0.39 is 10.0 Å². The number of likely N-dealkylation sites (N-methyl/N-ethyl adjacent to an activating group) is 1. The van der Waals surface area contributed by atoms with E-state index in [1.54, 1.807) is 0 Å². The van der Waals surface area contributed by atoms with Crippen molar-refractivity contribution in [3.8, 4) is 0 Å². The molecule has 0 aromatic heterocycles. The molecule has 0 unspecified atom stereocenters. The van der Waals surface area contributed by atoms with Gasteiger partial charge in [-0.05, 0) is 19.2 Å². The molecule has 1 fully saturated rings. The number of hydrogen-bond donors (Lipinski definition) is 0. The SMILES string of the molecule is CN1CCN(S(=O)(=O)c2ccc(Cl)c(Cl)c2Cl)CC1. The molecule has 8 heteroatoms. The van der Waals surface area contributed by atoms with Crippen LogP contribution in [0.5, 0.6) is 0 Å². The Labute approximate surface area is 127 Å². The Kier molecular flexibility index (Phi) is 4.65. The van der Waals surface area contributed by atoms with Gasteiger partial charge in [0.15, 0.2) is 0 Å². The molecule has 0 atom stereocenters. The predicted molar refractivity (Wildman–Crippen MR) is 77.7 cm³/mol. The minimum atomic E-state index is -3.62. The van der Waals surface area contributed by atoms with Gasteiger partial charge in [-0.1, -0.05) is 34.8 Å². The molecule has 0 saturated carbocycles. The van der Waals surface area contributed by atoms with Crippen LogP contribution in [0.25, 0.3) is 0 Å². The van der Waals surface area contributed by atoms with Crippen molar-refractivity contribution in [2.45, 2.75) is 4.90 Å². The lowest BCUT2D eigenvalue weighted by atomic mass is 10.4. The Morgan fingerprint density at radius 1 is 1.00 bits per heavy atom. The van der Waals surface area contributed by atoms with Crippen LogP contribution in [-0.4, -0.2) is 50.8 Å². The van der Waals surface area contributed by atoms with Gasteiger partial charge in [-0.25, -0.2) is 8.42 Å². The van der Waals surface area contributed by atoms with Crippen molar-refractivity contribution in [1.82, 2.24) is 9.21 Å². The summed E-state index contributed by atoms with van der Waals surface area (Å²) in [5.41, 5.74) is 0. The Morgan fingerprint density at radius 2 is 1.58 bits per heavy atom. The van der Waals surface area contributed by atoms with Gasteiger partial charge in [0.25, 0.3) is 0 Å². The maximum absolute atomic E-state index is 12.5. The van der Waals surface area contributed by atoms with Crippen molar-refractivity contribution in [2.75, 3.05) is 33.2 Å². The average molecular weight is 344 g/mol. The molecule has 1 aliphatic heterocycles. The lowest BCUT2D eigenvalue weighted by Crippen LogP contribution is -2.47. The van der Waals surface area contributed by atoms with Gasteiger partial charge in [-0.15, -0.1) is 0 Å². The zero-order chi connectivity index (χ0) is 14.2. The van der Waals surface area contributed by atoms with E-state index in [1.807, 2.05) is 7.05 Å². The summed E-state index contributed by atoms with van der Waals surface area (Å²) in [7, 11) is -1.67. The van der Waals surface area contributed by atoms with Crippen LogP contribution in [-0.2, 0) is 10.0 Å². The number of rotatable bonds is 2. The Bertz CT molecular complexity index is 584. The van der Waals surface area contributed by atoms with Gasteiger partial charge in [-0.3, -0.25) is 0 Å². The molecular weight excluding hydrogens is 331 g/mol. The molecule has 0 amide bonds. The number of sulfonamides is 1. The third-order valence-corrected chi connectivity index (χ3v) is 6.43. The summed E-state index contributed by atoms with van der Waals surface area (Å²) in [6, 6.07) is 2.84. The molecule has 4 nitrogen and oxygen atoms in total. The second-order valence-electron chi connectivity index (χ2n) is 4.38. The van der Waals surface area contributed by atoms with E-state index in [-0.39, 0.29) is 20.0 Å². The van der Waals surface area contributed by atoms with E-state index in [2.05, 4.69) is 4.90 Å². The normalized spacial score (nSPS) is 18.7. The summed E-state index contributed by atoms with van der Waals surface area (Å²) in [5, 5.41) is 0.288. The third-order valence-electron chi connectivity index (χ3n) is 3.08. The molecule has 0 spiro atoms. The number of piperazine rings is 1. The van der Waals surface area contributed by atoms with Crippen LogP contribution in [0.3, 0.4) is 0 Å². The van der Waals surface area contributed by atoms with E-state index in [9.17, 15) is 8.42 Å². The van der Waals surface area contributed by atoms with Crippen LogP contribution in [0.15, 0.2) is 17.0 Å². The fraction of sp³-hybridized carbons (Fsp3) is 0.455. The lowest BCUT2D eigenvalue weighted by Gasteiger charge is -2.31. The first kappa shape index (κ1) is 15.4. The zero-order valence-corrected chi connectivity index (χ0v) is 13.3. The standard InChI is InChI=1S/C11H13Cl3N2O2S/c1-15-4-6-16(7-5-15)19(17,18)9-3-2-8(12)10(13)11(9)14/h2-3H,4-7H2,1H3. The summed E-state index contributed by atoms with van der Waals surface area (Å²) in [4.78, 5) is 2.08. The van der Waals surface area contributed by atoms with E-state index in [0.29, 0.717) is 26.2 Å². The first-order valence-corrected chi connectivity index (χ1v) is 8.23. The highest BCUT2D eigenvalue weighted by atomic mass is 35.5. The molecule has 1 saturated heterocycles. The molecule has 0 bridgehead atoms. The van der Waals surface area contributed by atoms with Crippen LogP contribution in [0.1, 0.15) is 0 Å². The van der Waals surface area contributed by atoms with Gasteiger partial charge in [0.2, 0.25) is 10.0 Å². The van der Waals surface area contributed by atoms with Crippen molar-refractivity contribution >= 4 is 44.8 Å². The van der Waals surface area contributed by atoms with Crippen molar-refractivity contribution in [3.63, 3.8) is 0 Å². The Morgan fingerprint density at radius 3 is 2.16 bits per heavy atom. The largest absolute Gasteiger partial charge is 0.304 e. The molecule has 0 radical (unpaired) electrons. The molecule has 0 N–H and O–H groups in total. The molecular formula is C11H13Cl3N2O2S. The average Bonchev–Trinajstić information content (AvgIpc) is 2.36. The zero-order valence-electron chi connectivity index (χ0n) is 10.2. The van der Waals surface area contributed by atoms with Gasteiger partial charge >= 0.3 is 0 Å². The maximum atomic E-state index is 12.5. The molecule has 1 aliphatic rings.